The molecule has 0 saturated carbocycles. The number of nitrogen functional groups attached to an aromatic ring is 1. The van der Waals surface area contributed by atoms with E-state index in [0.717, 1.165) is 12.1 Å². The van der Waals surface area contributed by atoms with Gasteiger partial charge in [-0.25, -0.2) is 4.79 Å². The van der Waals surface area contributed by atoms with Crippen molar-refractivity contribution in [2.75, 3.05) is 11.1 Å². The second kappa shape index (κ2) is 5.36. The fraction of sp³-hybridized carbons (Fsp3) is 0.188. The van der Waals surface area contributed by atoms with Crippen LogP contribution in [0.1, 0.15) is 18.1 Å². The third-order valence-electron chi connectivity index (χ3n) is 3.56. The summed E-state index contributed by atoms with van der Waals surface area (Å²) in [6.45, 7) is 2.82. The number of fused-ring (bicyclic) bond motifs is 1. The summed E-state index contributed by atoms with van der Waals surface area (Å²) in [7, 11) is 0. The molecule has 0 radical (unpaired) electrons. The maximum atomic E-state index is 11.2. The molecule has 2 aromatic carbocycles. The van der Waals surface area contributed by atoms with Crippen LogP contribution >= 0.6 is 0 Å². The molecular weight excluding hydrogens is 266 g/mol. The van der Waals surface area contributed by atoms with Crippen LogP contribution < -0.4 is 16.8 Å². The minimum atomic E-state index is -0.474. The molecule has 3 aromatic rings. The smallest absolute Gasteiger partial charge is 0.408 e. The van der Waals surface area contributed by atoms with Gasteiger partial charge in [0, 0.05) is 12.6 Å². The van der Waals surface area contributed by atoms with Crippen LogP contribution in [0.3, 0.4) is 0 Å². The number of hydrogen-bond donors (Lipinski definition) is 3. The molecule has 0 aliphatic rings. The van der Waals surface area contributed by atoms with E-state index in [1.165, 1.54) is 11.1 Å². The van der Waals surface area contributed by atoms with E-state index < -0.39 is 5.76 Å². The molecule has 0 atom stereocenters. The molecule has 1 aromatic heterocycles. The number of rotatable bonds is 4. The number of aromatic amines is 1. The van der Waals surface area contributed by atoms with Crippen molar-refractivity contribution in [1.29, 1.82) is 0 Å². The first-order chi connectivity index (χ1) is 10.2. The van der Waals surface area contributed by atoms with Crippen LogP contribution in [0.5, 0.6) is 0 Å². The molecular formula is C16H17N3O2. The predicted octanol–water partition coefficient (Wildman–Crippen LogP) is 2.88. The summed E-state index contributed by atoms with van der Waals surface area (Å²) in [5.41, 5.74) is 11.0. The first-order valence-corrected chi connectivity index (χ1v) is 6.90. The summed E-state index contributed by atoms with van der Waals surface area (Å²) < 4.78 is 4.98. The zero-order chi connectivity index (χ0) is 14.8. The molecule has 1 heterocycles. The van der Waals surface area contributed by atoms with Crippen LogP contribution in [0.15, 0.2) is 45.6 Å². The Balaban J connectivity index is 1.87. The van der Waals surface area contributed by atoms with E-state index >= 15 is 0 Å². The Labute approximate surface area is 121 Å². The van der Waals surface area contributed by atoms with Gasteiger partial charge in [-0.15, -0.1) is 0 Å². The second-order valence-electron chi connectivity index (χ2n) is 4.93. The third-order valence-corrected chi connectivity index (χ3v) is 3.56. The van der Waals surface area contributed by atoms with E-state index in [4.69, 9.17) is 10.2 Å². The Kier molecular flexibility index (Phi) is 3.39. The Hall–Kier alpha value is -2.69. The van der Waals surface area contributed by atoms with Gasteiger partial charge in [-0.1, -0.05) is 31.2 Å². The fourth-order valence-electron chi connectivity index (χ4n) is 2.43. The van der Waals surface area contributed by atoms with Crippen LogP contribution in [-0.2, 0) is 13.0 Å². The highest BCUT2D eigenvalue weighted by Gasteiger charge is 2.07. The molecule has 0 saturated heterocycles. The van der Waals surface area contributed by atoms with E-state index in [9.17, 15) is 4.79 Å². The maximum absolute atomic E-state index is 11.2. The molecule has 0 fully saturated rings. The largest absolute Gasteiger partial charge is 0.417 e. The van der Waals surface area contributed by atoms with Crippen LogP contribution in [-0.4, -0.2) is 4.98 Å². The summed E-state index contributed by atoms with van der Waals surface area (Å²) in [6, 6.07) is 11.7. The van der Waals surface area contributed by atoms with Gasteiger partial charge in [0.1, 0.15) is 0 Å². The van der Waals surface area contributed by atoms with Crippen molar-refractivity contribution in [3.63, 3.8) is 0 Å². The first kappa shape index (κ1) is 13.3. The topological polar surface area (TPSA) is 84.0 Å². The number of H-pyrrole nitrogens is 1. The number of anilines is 2. The number of aromatic nitrogens is 1. The second-order valence-corrected chi connectivity index (χ2v) is 4.93. The van der Waals surface area contributed by atoms with Crippen LogP contribution in [0.2, 0.25) is 0 Å². The predicted molar refractivity (Wildman–Crippen MR) is 84.4 cm³/mol. The number of nitrogens with one attached hydrogen (secondary N) is 2. The summed E-state index contributed by atoms with van der Waals surface area (Å²) in [5.74, 6) is -0.474. The lowest BCUT2D eigenvalue weighted by molar-refractivity contribution is 0.555. The molecule has 21 heavy (non-hydrogen) atoms. The van der Waals surface area contributed by atoms with E-state index in [1.54, 1.807) is 12.1 Å². The van der Waals surface area contributed by atoms with Crippen LogP contribution in [0.25, 0.3) is 11.1 Å². The van der Waals surface area contributed by atoms with Crippen LogP contribution in [0.4, 0.5) is 11.4 Å². The van der Waals surface area contributed by atoms with Crippen molar-refractivity contribution in [3.05, 3.63) is 58.1 Å². The van der Waals surface area contributed by atoms with Crippen molar-refractivity contribution in [3.8, 4) is 0 Å². The number of oxazole rings is 1. The van der Waals surface area contributed by atoms with Crippen molar-refractivity contribution in [1.82, 2.24) is 4.98 Å². The maximum Gasteiger partial charge on any atom is 0.417 e. The summed E-state index contributed by atoms with van der Waals surface area (Å²) in [6.07, 6.45) is 0.988. The highest BCUT2D eigenvalue weighted by atomic mass is 16.4. The van der Waals surface area contributed by atoms with Gasteiger partial charge in [0.2, 0.25) is 0 Å². The van der Waals surface area contributed by atoms with Gasteiger partial charge in [-0.05, 0) is 23.6 Å². The molecule has 0 aliphatic heterocycles. The molecule has 4 N–H and O–H groups in total. The molecule has 0 amide bonds. The van der Waals surface area contributed by atoms with Crippen molar-refractivity contribution in [2.45, 2.75) is 19.9 Å². The Morgan fingerprint density at radius 3 is 2.76 bits per heavy atom. The van der Waals surface area contributed by atoms with Crippen LogP contribution in [0, 0.1) is 0 Å². The highest BCUT2D eigenvalue weighted by molar-refractivity contribution is 5.85. The van der Waals surface area contributed by atoms with Gasteiger partial charge in [0.25, 0.3) is 0 Å². The quantitative estimate of drug-likeness (QED) is 0.643. The number of aryl methyl sites for hydroxylation is 1. The minimum absolute atomic E-state index is 0.469. The Morgan fingerprint density at radius 1 is 1.24 bits per heavy atom. The van der Waals surface area contributed by atoms with E-state index in [0.29, 0.717) is 23.3 Å². The highest BCUT2D eigenvalue weighted by Crippen LogP contribution is 2.25. The zero-order valence-corrected chi connectivity index (χ0v) is 11.8. The molecule has 5 nitrogen and oxygen atoms in total. The average molecular weight is 283 g/mol. The van der Waals surface area contributed by atoms with E-state index in [2.05, 4.69) is 29.4 Å². The van der Waals surface area contributed by atoms with Gasteiger partial charge >= 0.3 is 5.76 Å². The lowest BCUT2D eigenvalue weighted by Crippen LogP contribution is -2.04. The van der Waals surface area contributed by atoms with Gasteiger partial charge in [-0.2, -0.15) is 0 Å². The Bertz CT molecular complexity index is 833. The number of nitrogens with two attached hydrogens (primary N) is 1. The molecule has 0 unspecified atom stereocenters. The first-order valence-electron chi connectivity index (χ1n) is 6.90. The average Bonchev–Trinajstić information content (AvgIpc) is 2.84. The standard InChI is InChI=1S/C16H17N3O2/c1-2-10-5-3-4-6-11(10)9-18-13-8-14-15(7-12(13)17)21-16(20)19-14/h3-8,18H,2,9,17H2,1H3,(H,19,20). The van der Waals surface area contributed by atoms with Gasteiger partial charge in [-0.3, -0.25) is 4.98 Å². The van der Waals surface area contributed by atoms with Crippen molar-refractivity contribution < 1.29 is 4.42 Å². The molecule has 108 valence electrons. The molecule has 0 bridgehead atoms. The molecule has 3 rings (SSSR count). The summed E-state index contributed by atoms with van der Waals surface area (Å²) in [5, 5.41) is 3.32. The molecule has 0 spiro atoms. The monoisotopic (exact) mass is 283 g/mol. The summed E-state index contributed by atoms with van der Waals surface area (Å²) in [4.78, 5) is 13.8. The van der Waals surface area contributed by atoms with Gasteiger partial charge < -0.3 is 15.5 Å². The molecule has 0 aliphatic carbocycles. The van der Waals surface area contributed by atoms with Crippen molar-refractivity contribution in [2.24, 2.45) is 0 Å². The number of hydrogen-bond acceptors (Lipinski definition) is 4. The fourth-order valence-corrected chi connectivity index (χ4v) is 2.43. The SMILES string of the molecule is CCc1ccccc1CNc1cc2[nH]c(=O)oc2cc1N. The normalized spacial score (nSPS) is 10.9. The summed E-state index contributed by atoms with van der Waals surface area (Å²) >= 11 is 0. The van der Waals surface area contributed by atoms with E-state index in [1.807, 2.05) is 12.1 Å². The lowest BCUT2D eigenvalue weighted by atomic mass is 10.1. The van der Waals surface area contributed by atoms with E-state index in [-0.39, 0.29) is 0 Å². The minimum Gasteiger partial charge on any atom is -0.408 e. The number of benzene rings is 2. The molecule has 5 heteroatoms. The van der Waals surface area contributed by atoms with Gasteiger partial charge in [0.15, 0.2) is 5.58 Å². The van der Waals surface area contributed by atoms with Gasteiger partial charge in [0.05, 0.1) is 16.9 Å². The third kappa shape index (κ3) is 2.63. The Morgan fingerprint density at radius 2 is 2.00 bits per heavy atom. The lowest BCUT2D eigenvalue weighted by Gasteiger charge is -2.12. The van der Waals surface area contributed by atoms with Crippen molar-refractivity contribution >= 4 is 22.5 Å². The zero-order valence-electron chi connectivity index (χ0n) is 11.8.